The number of hydrogen-bond donors (Lipinski definition) is 2. The molecule has 0 aromatic carbocycles. The molecule has 1 unspecified atom stereocenters. The van der Waals surface area contributed by atoms with Crippen LogP contribution in [-0.4, -0.2) is 27.7 Å². The van der Waals surface area contributed by atoms with Crippen molar-refractivity contribution in [1.29, 1.82) is 0 Å². The second-order valence-corrected chi connectivity index (χ2v) is 6.07. The minimum Gasteiger partial charge on any atom is -0.391 e. The van der Waals surface area contributed by atoms with Gasteiger partial charge in [0.05, 0.1) is 6.10 Å². The van der Waals surface area contributed by atoms with E-state index in [1.54, 1.807) is 0 Å². The van der Waals surface area contributed by atoms with Gasteiger partial charge >= 0.3 is 0 Å². The molecule has 0 saturated carbocycles. The summed E-state index contributed by atoms with van der Waals surface area (Å²) in [4.78, 5) is 8.73. The molecule has 1 aromatic heterocycles. The zero-order chi connectivity index (χ0) is 13.7. The first kappa shape index (κ1) is 15.4. The highest BCUT2D eigenvalue weighted by Crippen LogP contribution is 2.17. The maximum absolute atomic E-state index is 9.81. The van der Waals surface area contributed by atoms with Crippen molar-refractivity contribution < 1.29 is 5.11 Å². The monoisotopic (exact) mass is 315 g/mol. The lowest BCUT2D eigenvalue weighted by molar-refractivity contribution is 0.161. The molecule has 1 atom stereocenters. The van der Waals surface area contributed by atoms with Gasteiger partial charge in [-0.05, 0) is 28.3 Å². The molecule has 1 rings (SSSR count). The molecule has 0 radical (unpaired) electrons. The lowest BCUT2D eigenvalue weighted by Crippen LogP contribution is -2.22. The van der Waals surface area contributed by atoms with Gasteiger partial charge in [-0.25, -0.2) is 9.97 Å². The Morgan fingerprint density at radius 1 is 1.28 bits per heavy atom. The molecule has 18 heavy (non-hydrogen) atoms. The zero-order valence-corrected chi connectivity index (χ0v) is 13.0. The van der Waals surface area contributed by atoms with E-state index in [-0.39, 0.29) is 12.0 Å². The fraction of sp³-hybridized carbons (Fsp3) is 0.692. The van der Waals surface area contributed by atoms with Crippen LogP contribution in [-0.2, 0) is 0 Å². The summed E-state index contributed by atoms with van der Waals surface area (Å²) in [6.07, 6.45) is 0.442. The topological polar surface area (TPSA) is 58.0 Å². The Kier molecular flexibility index (Phi) is 6.02. The third-order valence-electron chi connectivity index (χ3n) is 2.49. The second-order valence-electron chi connectivity index (χ2n) is 5.25. The fourth-order valence-corrected chi connectivity index (χ4v) is 2.03. The van der Waals surface area contributed by atoms with E-state index in [4.69, 9.17) is 0 Å². The summed E-state index contributed by atoms with van der Waals surface area (Å²) in [7, 11) is 0. The van der Waals surface area contributed by atoms with Crippen LogP contribution in [0.4, 0.5) is 5.82 Å². The third-order valence-corrected chi connectivity index (χ3v) is 2.90. The number of aliphatic hydroxyl groups excluding tert-OH is 1. The smallest absolute Gasteiger partial charge is 0.134 e. The van der Waals surface area contributed by atoms with Gasteiger partial charge in [-0.3, -0.25) is 0 Å². The highest BCUT2D eigenvalue weighted by molar-refractivity contribution is 9.10. The Hall–Kier alpha value is -0.680. The van der Waals surface area contributed by atoms with Crippen molar-refractivity contribution >= 4 is 21.7 Å². The first-order valence-corrected chi connectivity index (χ1v) is 7.14. The van der Waals surface area contributed by atoms with Crippen LogP contribution in [0.2, 0.25) is 0 Å². The summed E-state index contributed by atoms with van der Waals surface area (Å²) >= 11 is 3.38. The average Bonchev–Trinajstić information content (AvgIpc) is 2.24. The number of aromatic nitrogens is 2. The molecule has 4 nitrogen and oxygen atoms in total. The van der Waals surface area contributed by atoms with E-state index in [0.29, 0.717) is 12.5 Å². The van der Waals surface area contributed by atoms with Crippen molar-refractivity contribution in [2.75, 3.05) is 11.9 Å². The number of nitrogens with zero attached hydrogens (tertiary/aromatic N) is 2. The molecular formula is C13H22BrN3O. The lowest BCUT2D eigenvalue weighted by Gasteiger charge is -2.15. The number of nitrogens with one attached hydrogen (secondary N) is 1. The maximum Gasteiger partial charge on any atom is 0.134 e. The predicted octanol–water partition coefficient (Wildman–Crippen LogP) is 3.18. The van der Waals surface area contributed by atoms with Crippen LogP contribution in [0.25, 0.3) is 0 Å². The lowest BCUT2D eigenvalue weighted by atomic mass is 10.1. The molecule has 1 aromatic rings. The number of rotatable bonds is 6. The van der Waals surface area contributed by atoms with Gasteiger partial charge in [-0.2, -0.15) is 0 Å². The summed E-state index contributed by atoms with van der Waals surface area (Å²) in [6.45, 7) is 8.82. The second kappa shape index (κ2) is 7.04. The molecule has 0 spiro atoms. The molecule has 102 valence electrons. The standard InChI is InChI=1S/C13H22BrN3O/c1-8(2)5-10(18)7-15-12-6-11(14)16-13(17-12)9(3)4/h6,8-10,18H,5,7H2,1-4H3,(H,15,16,17). The van der Waals surface area contributed by atoms with Gasteiger partial charge in [0.25, 0.3) is 0 Å². The Bertz CT molecular complexity index is 382. The summed E-state index contributed by atoms with van der Waals surface area (Å²) in [6, 6.07) is 1.83. The number of halogens is 1. The van der Waals surface area contributed by atoms with Crippen LogP contribution in [0.15, 0.2) is 10.7 Å². The van der Waals surface area contributed by atoms with Crippen molar-refractivity contribution in [3.05, 3.63) is 16.5 Å². The van der Waals surface area contributed by atoms with Crippen LogP contribution in [0.3, 0.4) is 0 Å². The number of aliphatic hydroxyl groups is 1. The van der Waals surface area contributed by atoms with Gasteiger partial charge in [0.1, 0.15) is 16.2 Å². The van der Waals surface area contributed by atoms with Crippen LogP contribution in [0, 0.1) is 5.92 Å². The van der Waals surface area contributed by atoms with Crippen LogP contribution >= 0.6 is 15.9 Å². The Morgan fingerprint density at radius 3 is 2.50 bits per heavy atom. The molecule has 0 amide bonds. The van der Waals surface area contributed by atoms with Gasteiger partial charge in [-0.1, -0.05) is 27.7 Å². The van der Waals surface area contributed by atoms with Crippen molar-refractivity contribution in [2.24, 2.45) is 5.92 Å². The van der Waals surface area contributed by atoms with Gasteiger partial charge < -0.3 is 10.4 Å². The Balaban J connectivity index is 2.62. The first-order valence-electron chi connectivity index (χ1n) is 6.35. The number of anilines is 1. The highest BCUT2D eigenvalue weighted by Gasteiger charge is 2.09. The van der Waals surface area contributed by atoms with Gasteiger partial charge in [0.2, 0.25) is 0 Å². The minimum absolute atomic E-state index is 0.281. The van der Waals surface area contributed by atoms with Crippen LogP contribution < -0.4 is 5.32 Å². The zero-order valence-electron chi connectivity index (χ0n) is 11.4. The SMILES string of the molecule is CC(C)CC(O)CNc1cc(Br)nc(C(C)C)n1. The summed E-state index contributed by atoms with van der Waals surface area (Å²) in [5, 5.41) is 13.0. The molecule has 1 heterocycles. The molecule has 0 bridgehead atoms. The average molecular weight is 316 g/mol. The Labute approximate surface area is 117 Å². The van der Waals surface area contributed by atoms with Crippen LogP contribution in [0.1, 0.15) is 45.9 Å². The fourth-order valence-electron chi connectivity index (χ4n) is 1.63. The van der Waals surface area contributed by atoms with E-state index >= 15 is 0 Å². The summed E-state index contributed by atoms with van der Waals surface area (Å²) < 4.78 is 0.766. The molecular weight excluding hydrogens is 294 g/mol. The van der Waals surface area contributed by atoms with Gasteiger partial charge in [-0.15, -0.1) is 0 Å². The maximum atomic E-state index is 9.81. The van der Waals surface area contributed by atoms with E-state index in [2.05, 4.69) is 58.9 Å². The molecule has 0 aliphatic heterocycles. The minimum atomic E-state index is -0.346. The van der Waals surface area contributed by atoms with E-state index in [1.165, 1.54) is 0 Å². The predicted molar refractivity (Wildman–Crippen MR) is 77.8 cm³/mol. The van der Waals surface area contributed by atoms with Gasteiger partial charge in [0.15, 0.2) is 0 Å². The molecule has 0 aliphatic rings. The van der Waals surface area contributed by atoms with Crippen molar-refractivity contribution in [1.82, 2.24) is 9.97 Å². The van der Waals surface area contributed by atoms with E-state index in [1.807, 2.05) is 6.07 Å². The normalized spacial score (nSPS) is 13.1. The van der Waals surface area contributed by atoms with E-state index in [0.717, 1.165) is 22.7 Å². The summed E-state index contributed by atoms with van der Waals surface area (Å²) in [5.74, 6) is 2.32. The molecule has 0 fully saturated rings. The van der Waals surface area contributed by atoms with Crippen LogP contribution in [0.5, 0.6) is 0 Å². The first-order chi connectivity index (χ1) is 8.38. The van der Waals surface area contributed by atoms with Gasteiger partial charge in [0, 0.05) is 18.5 Å². The van der Waals surface area contributed by atoms with E-state index in [9.17, 15) is 5.11 Å². The van der Waals surface area contributed by atoms with Crippen molar-refractivity contribution in [2.45, 2.75) is 46.1 Å². The number of hydrogen-bond acceptors (Lipinski definition) is 4. The molecule has 2 N–H and O–H groups in total. The summed E-state index contributed by atoms with van der Waals surface area (Å²) in [5.41, 5.74) is 0. The molecule has 0 aliphatic carbocycles. The molecule has 0 saturated heterocycles. The Morgan fingerprint density at radius 2 is 1.94 bits per heavy atom. The van der Waals surface area contributed by atoms with Crippen molar-refractivity contribution in [3.63, 3.8) is 0 Å². The largest absolute Gasteiger partial charge is 0.391 e. The highest BCUT2D eigenvalue weighted by atomic mass is 79.9. The molecule has 5 heteroatoms. The van der Waals surface area contributed by atoms with E-state index < -0.39 is 0 Å². The van der Waals surface area contributed by atoms with Crippen molar-refractivity contribution in [3.8, 4) is 0 Å². The third kappa shape index (κ3) is 5.31. The quantitative estimate of drug-likeness (QED) is 0.792.